The van der Waals surface area contributed by atoms with Crippen LogP contribution in [0.3, 0.4) is 0 Å². The third kappa shape index (κ3) is 6.39. The van der Waals surface area contributed by atoms with Gasteiger partial charge in [-0.3, -0.25) is 9.59 Å². The number of nitrogens with zero attached hydrogens (tertiary/aromatic N) is 3. The van der Waals surface area contributed by atoms with Crippen LogP contribution < -0.4 is 5.32 Å². The summed E-state index contributed by atoms with van der Waals surface area (Å²) in [4.78, 5) is 25.3. The molecule has 1 saturated heterocycles. The number of nitrogens with one attached hydrogen (secondary N) is 1. The first-order chi connectivity index (χ1) is 18.2. The lowest BCUT2D eigenvalue weighted by atomic mass is 10.0. The van der Waals surface area contributed by atoms with Crippen LogP contribution in [0.5, 0.6) is 0 Å². The molecule has 1 atom stereocenters. The van der Waals surface area contributed by atoms with Crippen LogP contribution in [0.25, 0.3) is 22.6 Å². The van der Waals surface area contributed by atoms with Crippen molar-refractivity contribution >= 4 is 11.8 Å². The monoisotopic (exact) mass is 526 g/mol. The fourth-order valence-electron chi connectivity index (χ4n) is 4.18. The molecule has 8 nitrogen and oxygen atoms in total. The second-order valence-electron chi connectivity index (χ2n) is 8.95. The number of hydrogen-bond donors (Lipinski definition) is 1. The number of aromatic nitrogens is 1. The van der Waals surface area contributed by atoms with Crippen molar-refractivity contribution in [3.63, 3.8) is 0 Å². The number of halogens is 3. The highest BCUT2D eigenvalue weighted by Gasteiger charge is 2.44. The molecule has 1 fully saturated rings. The lowest BCUT2D eigenvalue weighted by Gasteiger charge is -2.34. The molecule has 1 N–H and O–H groups in total. The number of hydrogen-bond acceptors (Lipinski definition) is 6. The predicted octanol–water partition coefficient (Wildman–Crippen LogP) is 4.72. The molecule has 0 bridgehead atoms. The summed E-state index contributed by atoms with van der Waals surface area (Å²) in [7, 11) is 0. The molecule has 4 rings (SSSR count). The fourth-order valence-corrected chi connectivity index (χ4v) is 4.18. The quantitative estimate of drug-likeness (QED) is 0.477. The molecule has 38 heavy (non-hydrogen) atoms. The van der Waals surface area contributed by atoms with Gasteiger partial charge in [-0.1, -0.05) is 41.6 Å². The van der Waals surface area contributed by atoms with Gasteiger partial charge < -0.3 is 19.5 Å². The minimum Gasteiger partial charge on any atom is -0.381 e. The number of rotatable bonds is 7. The number of alkyl halides is 3. The van der Waals surface area contributed by atoms with Gasteiger partial charge >= 0.3 is 12.1 Å². The Morgan fingerprint density at radius 3 is 2.50 bits per heavy atom. The molecule has 0 aliphatic carbocycles. The molecule has 3 aromatic rings. The topological polar surface area (TPSA) is 108 Å². The standard InChI is InChI=1S/C27H25F3N4O4/c1-17(15-31)32-25(35)21-4-2-3-20(13-21)23-14-24(38-33-23)19-7-5-18(6-8-19)16-34(26(36)27(28,29)30)22-9-11-37-12-10-22/h2-8,13-14,17,22H,9-12,16H2,1H3,(H,32,35)/t17-/m1/s1. The summed E-state index contributed by atoms with van der Waals surface area (Å²) in [6.07, 6.45) is -4.26. The summed E-state index contributed by atoms with van der Waals surface area (Å²) in [6.45, 7) is 2.02. The highest BCUT2D eigenvalue weighted by atomic mass is 19.4. The maximum Gasteiger partial charge on any atom is 0.471 e. The van der Waals surface area contributed by atoms with E-state index in [-0.39, 0.29) is 12.5 Å². The van der Waals surface area contributed by atoms with E-state index in [0.717, 1.165) is 4.90 Å². The first kappa shape index (κ1) is 26.9. The van der Waals surface area contributed by atoms with E-state index in [1.54, 1.807) is 61.5 Å². The molecule has 2 heterocycles. The Hall–Kier alpha value is -4.17. The molecule has 198 valence electrons. The van der Waals surface area contributed by atoms with Gasteiger partial charge in [0.05, 0.1) is 6.07 Å². The normalized spacial score (nSPS) is 14.9. The van der Waals surface area contributed by atoms with Gasteiger partial charge in [0.15, 0.2) is 5.76 Å². The van der Waals surface area contributed by atoms with Gasteiger partial charge in [0.2, 0.25) is 0 Å². The molecule has 1 aliphatic heterocycles. The van der Waals surface area contributed by atoms with E-state index in [2.05, 4.69) is 10.5 Å². The number of nitriles is 1. The lowest BCUT2D eigenvalue weighted by molar-refractivity contribution is -0.190. The fraction of sp³-hybridized carbons (Fsp3) is 0.333. The Labute approximate surface area is 217 Å². The highest BCUT2D eigenvalue weighted by Crippen LogP contribution is 2.29. The van der Waals surface area contributed by atoms with Gasteiger partial charge in [-0.05, 0) is 37.5 Å². The van der Waals surface area contributed by atoms with Crippen LogP contribution in [0.15, 0.2) is 59.1 Å². The van der Waals surface area contributed by atoms with Gasteiger partial charge in [0.1, 0.15) is 11.7 Å². The molecule has 1 aliphatic rings. The van der Waals surface area contributed by atoms with Crippen LogP contribution in [0, 0.1) is 11.3 Å². The minimum atomic E-state index is -4.96. The molecule has 0 spiro atoms. The molecule has 2 amide bonds. The summed E-state index contributed by atoms with van der Waals surface area (Å²) in [5.41, 5.74) is 2.66. The molecule has 1 aromatic heterocycles. The Bertz CT molecular complexity index is 1330. The molecule has 2 aromatic carbocycles. The largest absolute Gasteiger partial charge is 0.471 e. The van der Waals surface area contributed by atoms with E-state index in [0.29, 0.717) is 59.8 Å². The van der Waals surface area contributed by atoms with Crippen molar-refractivity contribution in [2.75, 3.05) is 13.2 Å². The van der Waals surface area contributed by atoms with Crippen molar-refractivity contribution < 1.29 is 32.0 Å². The second-order valence-corrected chi connectivity index (χ2v) is 8.95. The van der Waals surface area contributed by atoms with Gasteiger partial charge in [0, 0.05) is 48.6 Å². The Kier molecular flexibility index (Phi) is 8.12. The number of carbonyl (C=O) groups is 2. The van der Waals surface area contributed by atoms with Crippen LogP contribution in [-0.2, 0) is 16.1 Å². The SMILES string of the molecule is C[C@H](C#N)NC(=O)c1cccc(-c2cc(-c3ccc(CN(C(=O)C(F)(F)F)C4CCOCC4)cc3)on2)c1. The van der Waals surface area contributed by atoms with Gasteiger partial charge in [-0.2, -0.15) is 18.4 Å². The number of benzene rings is 2. The summed E-state index contributed by atoms with van der Waals surface area (Å²) in [5.74, 6) is -1.82. The first-order valence-corrected chi connectivity index (χ1v) is 12.0. The van der Waals surface area contributed by atoms with Gasteiger partial charge in [-0.25, -0.2) is 0 Å². The van der Waals surface area contributed by atoms with Crippen molar-refractivity contribution in [3.05, 3.63) is 65.7 Å². The lowest BCUT2D eigenvalue weighted by Crippen LogP contribution is -2.48. The van der Waals surface area contributed by atoms with E-state index < -0.39 is 24.2 Å². The van der Waals surface area contributed by atoms with E-state index in [9.17, 15) is 22.8 Å². The van der Waals surface area contributed by atoms with Crippen LogP contribution in [0.2, 0.25) is 0 Å². The number of ether oxygens (including phenoxy) is 1. The van der Waals surface area contributed by atoms with Crippen LogP contribution in [0.1, 0.15) is 35.7 Å². The Morgan fingerprint density at radius 1 is 1.13 bits per heavy atom. The summed E-state index contributed by atoms with van der Waals surface area (Å²) in [6, 6.07) is 15.8. The highest BCUT2D eigenvalue weighted by molar-refractivity contribution is 5.95. The molecule has 0 saturated carbocycles. The van der Waals surface area contributed by atoms with E-state index in [1.807, 2.05) is 6.07 Å². The average Bonchev–Trinajstić information content (AvgIpc) is 3.42. The maximum absolute atomic E-state index is 13.2. The van der Waals surface area contributed by atoms with Crippen molar-refractivity contribution in [1.82, 2.24) is 15.4 Å². The molecule has 11 heteroatoms. The summed E-state index contributed by atoms with van der Waals surface area (Å²) in [5, 5.41) is 15.5. The zero-order valence-electron chi connectivity index (χ0n) is 20.5. The van der Waals surface area contributed by atoms with Crippen molar-refractivity contribution in [3.8, 4) is 28.7 Å². The minimum absolute atomic E-state index is 0.176. The van der Waals surface area contributed by atoms with Crippen LogP contribution in [-0.4, -0.2) is 53.3 Å². The van der Waals surface area contributed by atoms with Crippen LogP contribution in [0.4, 0.5) is 13.2 Å². The number of carbonyl (C=O) groups excluding carboxylic acids is 2. The van der Waals surface area contributed by atoms with E-state index in [1.165, 1.54) is 0 Å². The van der Waals surface area contributed by atoms with Crippen molar-refractivity contribution in [2.24, 2.45) is 0 Å². The molecule has 0 radical (unpaired) electrons. The zero-order chi connectivity index (χ0) is 27.3. The summed E-state index contributed by atoms with van der Waals surface area (Å²) < 4.78 is 50.4. The van der Waals surface area contributed by atoms with Crippen molar-refractivity contribution in [2.45, 2.75) is 44.6 Å². The first-order valence-electron chi connectivity index (χ1n) is 12.0. The predicted molar refractivity (Wildman–Crippen MR) is 130 cm³/mol. The Balaban J connectivity index is 1.49. The summed E-state index contributed by atoms with van der Waals surface area (Å²) >= 11 is 0. The number of amides is 2. The third-order valence-electron chi connectivity index (χ3n) is 6.20. The Morgan fingerprint density at radius 2 is 1.84 bits per heavy atom. The molecular formula is C27H25F3N4O4. The van der Waals surface area contributed by atoms with E-state index >= 15 is 0 Å². The third-order valence-corrected chi connectivity index (χ3v) is 6.20. The molecule has 0 unspecified atom stereocenters. The van der Waals surface area contributed by atoms with Crippen LogP contribution >= 0.6 is 0 Å². The van der Waals surface area contributed by atoms with E-state index in [4.69, 9.17) is 14.5 Å². The zero-order valence-corrected chi connectivity index (χ0v) is 20.5. The van der Waals surface area contributed by atoms with Gasteiger partial charge in [0.25, 0.3) is 5.91 Å². The molecular weight excluding hydrogens is 501 g/mol. The van der Waals surface area contributed by atoms with Crippen molar-refractivity contribution in [1.29, 1.82) is 5.26 Å². The van der Waals surface area contributed by atoms with Gasteiger partial charge in [-0.15, -0.1) is 0 Å². The smallest absolute Gasteiger partial charge is 0.381 e. The second kappa shape index (κ2) is 11.5. The average molecular weight is 527 g/mol. The maximum atomic E-state index is 13.2.